The minimum absolute atomic E-state index is 0.0769. The van der Waals surface area contributed by atoms with Gasteiger partial charge in [-0.2, -0.15) is 0 Å². The molecule has 1 atom stereocenters. The van der Waals surface area contributed by atoms with Crippen LogP contribution in [0.4, 0.5) is 0 Å². The van der Waals surface area contributed by atoms with E-state index in [0.717, 1.165) is 24.8 Å². The lowest BCUT2D eigenvalue weighted by Gasteiger charge is -2.44. The van der Waals surface area contributed by atoms with E-state index in [2.05, 4.69) is 18.6 Å². The smallest absolute Gasteiger partial charge is 0.337 e. The van der Waals surface area contributed by atoms with Crippen LogP contribution in [-0.4, -0.2) is 23.8 Å². The monoisotopic (exact) mass is 278 g/mol. The second kappa shape index (κ2) is 5.09. The lowest BCUT2D eigenvalue weighted by Crippen LogP contribution is -2.41. The molecule has 0 bridgehead atoms. The average Bonchev–Trinajstić information content (AvgIpc) is 2.35. The van der Waals surface area contributed by atoms with Crippen molar-refractivity contribution in [1.82, 2.24) is 0 Å². The Morgan fingerprint density at radius 1 is 1.30 bits per heavy atom. The second-order valence-corrected chi connectivity index (χ2v) is 6.17. The van der Waals surface area contributed by atoms with Crippen LogP contribution in [0, 0.1) is 0 Å². The summed E-state index contributed by atoms with van der Waals surface area (Å²) in [7, 11) is 1.32. The molecule has 1 saturated heterocycles. The molecule has 1 N–H and O–H groups in total. The number of carbonyl (C=O) groups excluding carboxylic acids is 1. The minimum Gasteiger partial charge on any atom is -0.508 e. The normalized spacial score (nSPS) is 25.2. The van der Waals surface area contributed by atoms with Crippen LogP contribution < -0.4 is 0 Å². The molecule has 1 aromatic carbocycles. The third-order valence-corrected chi connectivity index (χ3v) is 3.92. The van der Waals surface area contributed by atoms with Crippen LogP contribution in [0.25, 0.3) is 0 Å². The van der Waals surface area contributed by atoms with Crippen molar-refractivity contribution in [3.8, 4) is 5.75 Å². The van der Waals surface area contributed by atoms with Crippen LogP contribution in [0.2, 0.25) is 0 Å². The Balaban J connectivity index is 2.35. The lowest BCUT2D eigenvalue weighted by atomic mass is 9.82. The molecular weight excluding hydrogens is 256 g/mol. The van der Waals surface area contributed by atoms with Crippen molar-refractivity contribution < 1.29 is 19.4 Å². The van der Waals surface area contributed by atoms with E-state index in [1.54, 1.807) is 12.1 Å². The molecule has 0 aromatic heterocycles. The van der Waals surface area contributed by atoms with Crippen molar-refractivity contribution in [2.24, 2.45) is 0 Å². The molecule has 4 heteroatoms. The highest BCUT2D eigenvalue weighted by Gasteiger charge is 2.40. The number of benzene rings is 1. The summed E-state index contributed by atoms with van der Waals surface area (Å²) in [6.07, 6.45) is 2.90. The number of phenolic OH excluding ortho intramolecular Hbond substituents is 1. The molecule has 0 amide bonds. The number of rotatable bonds is 2. The highest BCUT2D eigenvalue weighted by Crippen LogP contribution is 2.44. The molecule has 1 heterocycles. The maximum Gasteiger partial charge on any atom is 0.337 e. The summed E-state index contributed by atoms with van der Waals surface area (Å²) >= 11 is 0. The minimum atomic E-state index is -0.527. The number of ether oxygens (including phenoxy) is 2. The van der Waals surface area contributed by atoms with Crippen molar-refractivity contribution >= 4 is 5.97 Å². The van der Waals surface area contributed by atoms with Gasteiger partial charge in [0.05, 0.1) is 23.9 Å². The molecule has 2 rings (SSSR count). The van der Waals surface area contributed by atoms with Crippen molar-refractivity contribution in [3.63, 3.8) is 0 Å². The van der Waals surface area contributed by atoms with E-state index in [0.29, 0.717) is 5.56 Å². The molecule has 1 aliphatic rings. The van der Waals surface area contributed by atoms with Gasteiger partial charge < -0.3 is 14.6 Å². The van der Waals surface area contributed by atoms with Gasteiger partial charge in [-0.1, -0.05) is 6.07 Å². The van der Waals surface area contributed by atoms with Gasteiger partial charge >= 0.3 is 5.97 Å². The van der Waals surface area contributed by atoms with Gasteiger partial charge in [0.15, 0.2) is 0 Å². The fourth-order valence-corrected chi connectivity index (χ4v) is 2.98. The third-order valence-electron chi connectivity index (χ3n) is 3.92. The SMILES string of the molecule is COC(=O)c1ccc(C2(C)CCCC(C)(C)O2)c(O)c1. The van der Waals surface area contributed by atoms with Crippen molar-refractivity contribution in [1.29, 1.82) is 0 Å². The van der Waals surface area contributed by atoms with Crippen LogP contribution in [0.15, 0.2) is 18.2 Å². The third kappa shape index (κ3) is 2.80. The van der Waals surface area contributed by atoms with Crippen molar-refractivity contribution in [2.75, 3.05) is 7.11 Å². The zero-order valence-corrected chi connectivity index (χ0v) is 12.5. The van der Waals surface area contributed by atoms with Crippen LogP contribution in [-0.2, 0) is 15.1 Å². The van der Waals surface area contributed by atoms with Crippen LogP contribution in [0.5, 0.6) is 5.75 Å². The van der Waals surface area contributed by atoms with Crippen molar-refractivity contribution in [2.45, 2.75) is 51.2 Å². The van der Waals surface area contributed by atoms with Crippen LogP contribution >= 0.6 is 0 Å². The zero-order valence-electron chi connectivity index (χ0n) is 12.5. The molecule has 4 nitrogen and oxygen atoms in total. The van der Waals surface area contributed by atoms with E-state index >= 15 is 0 Å². The summed E-state index contributed by atoms with van der Waals surface area (Å²) in [6, 6.07) is 4.86. The predicted octanol–water partition coefficient (Wildman–Crippen LogP) is 3.37. The molecule has 0 spiro atoms. The van der Waals surface area contributed by atoms with Gasteiger partial charge in [0.25, 0.3) is 0 Å². The van der Waals surface area contributed by atoms with Gasteiger partial charge in [0.2, 0.25) is 0 Å². The molecule has 0 aliphatic carbocycles. The van der Waals surface area contributed by atoms with Gasteiger partial charge in [-0.05, 0) is 52.2 Å². The molecule has 1 unspecified atom stereocenters. The Hall–Kier alpha value is -1.55. The summed E-state index contributed by atoms with van der Waals surface area (Å²) in [5, 5.41) is 10.2. The Kier molecular flexibility index (Phi) is 3.78. The fraction of sp³-hybridized carbons (Fsp3) is 0.562. The highest BCUT2D eigenvalue weighted by atomic mass is 16.5. The predicted molar refractivity (Wildman–Crippen MR) is 75.8 cm³/mol. The first-order valence-electron chi connectivity index (χ1n) is 6.89. The molecule has 110 valence electrons. The van der Waals surface area contributed by atoms with E-state index < -0.39 is 11.6 Å². The lowest BCUT2D eigenvalue weighted by molar-refractivity contribution is -0.171. The average molecular weight is 278 g/mol. The van der Waals surface area contributed by atoms with E-state index in [1.807, 2.05) is 6.92 Å². The largest absolute Gasteiger partial charge is 0.508 e. The molecule has 20 heavy (non-hydrogen) atoms. The number of hydrogen-bond donors (Lipinski definition) is 1. The Morgan fingerprint density at radius 2 is 2.00 bits per heavy atom. The quantitative estimate of drug-likeness (QED) is 0.843. The zero-order chi connectivity index (χ0) is 15.0. The van der Waals surface area contributed by atoms with Crippen LogP contribution in [0.1, 0.15) is 56.0 Å². The standard InChI is InChI=1S/C16H22O4/c1-15(2)8-5-9-16(3,20-15)12-7-6-11(10-13(12)17)14(18)19-4/h6-7,10,17H,5,8-9H2,1-4H3. The van der Waals surface area contributed by atoms with E-state index in [1.165, 1.54) is 13.2 Å². The molecular formula is C16H22O4. The van der Waals surface area contributed by atoms with E-state index in [9.17, 15) is 9.90 Å². The molecule has 0 saturated carbocycles. The number of hydrogen-bond acceptors (Lipinski definition) is 4. The summed E-state index contributed by atoms with van der Waals surface area (Å²) in [5.41, 5.74) is 0.325. The Bertz CT molecular complexity index is 521. The molecule has 1 fully saturated rings. The maximum absolute atomic E-state index is 11.5. The fourth-order valence-electron chi connectivity index (χ4n) is 2.98. The number of aromatic hydroxyl groups is 1. The Labute approximate surface area is 119 Å². The Morgan fingerprint density at radius 3 is 2.55 bits per heavy atom. The van der Waals surface area contributed by atoms with Gasteiger partial charge in [-0.15, -0.1) is 0 Å². The summed E-state index contributed by atoms with van der Waals surface area (Å²) in [4.78, 5) is 11.5. The second-order valence-electron chi connectivity index (χ2n) is 6.17. The van der Waals surface area contributed by atoms with Gasteiger partial charge in [0.1, 0.15) is 5.75 Å². The van der Waals surface area contributed by atoms with Gasteiger partial charge in [-0.25, -0.2) is 4.79 Å². The molecule has 1 aliphatic heterocycles. The summed E-state index contributed by atoms with van der Waals surface area (Å²) in [6.45, 7) is 6.11. The first kappa shape index (κ1) is 14.9. The number of methoxy groups -OCH3 is 1. The van der Waals surface area contributed by atoms with Gasteiger partial charge in [0, 0.05) is 5.56 Å². The van der Waals surface area contributed by atoms with Crippen LogP contribution in [0.3, 0.4) is 0 Å². The first-order valence-corrected chi connectivity index (χ1v) is 6.89. The number of esters is 1. The summed E-state index contributed by atoms with van der Waals surface area (Å²) < 4.78 is 10.8. The summed E-state index contributed by atoms with van der Waals surface area (Å²) in [5.74, 6) is -0.380. The van der Waals surface area contributed by atoms with E-state index in [-0.39, 0.29) is 11.4 Å². The number of carbonyl (C=O) groups is 1. The van der Waals surface area contributed by atoms with Gasteiger partial charge in [-0.3, -0.25) is 0 Å². The maximum atomic E-state index is 11.5. The topological polar surface area (TPSA) is 55.8 Å². The first-order chi connectivity index (χ1) is 9.27. The van der Waals surface area contributed by atoms with Crippen molar-refractivity contribution in [3.05, 3.63) is 29.3 Å². The molecule has 1 aromatic rings. The molecule has 0 radical (unpaired) electrons. The number of phenols is 1. The van der Waals surface area contributed by atoms with E-state index in [4.69, 9.17) is 4.74 Å². The highest BCUT2D eigenvalue weighted by molar-refractivity contribution is 5.89.